The van der Waals surface area contributed by atoms with Gasteiger partial charge in [-0.1, -0.05) is 0 Å². The Morgan fingerprint density at radius 1 is 1.12 bits per heavy atom. The first-order chi connectivity index (χ1) is 7.58. The zero-order chi connectivity index (χ0) is 11.7. The molecule has 0 unspecified atom stereocenters. The van der Waals surface area contributed by atoms with E-state index in [0.717, 1.165) is 17.4 Å². The molecule has 4 nitrogen and oxygen atoms in total. The van der Waals surface area contributed by atoms with Crippen molar-refractivity contribution in [3.8, 4) is 5.75 Å². The van der Waals surface area contributed by atoms with Crippen molar-refractivity contribution < 1.29 is 4.74 Å². The summed E-state index contributed by atoms with van der Waals surface area (Å²) in [5.74, 6) is 2.74. The van der Waals surface area contributed by atoms with Gasteiger partial charge in [0.15, 0.2) is 11.6 Å². The Morgan fingerprint density at radius 2 is 1.81 bits per heavy atom. The summed E-state index contributed by atoms with van der Waals surface area (Å²) in [6.07, 6.45) is 2.75. The van der Waals surface area contributed by atoms with E-state index in [1.54, 1.807) is 0 Å². The second-order valence-corrected chi connectivity index (χ2v) is 4.60. The van der Waals surface area contributed by atoms with E-state index in [2.05, 4.69) is 4.98 Å². The van der Waals surface area contributed by atoms with Crippen LogP contribution in [0, 0.1) is 0 Å². The number of aromatic nitrogens is 1. The fourth-order valence-corrected chi connectivity index (χ4v) is 1.45. The van der Waals surface area contributed by atoms with Crippen molar-refractivity contribution in [3.05, 3.63) is 12.1 Å². The van der Waals surface area contributed by atoms with Crippen molar-refractivity contribution in [2.24, 2.45) is 0 Å². The summed E-state index contributed by atoms with van der Waals surface area (Å²) in [5.41, 5.74) is 0. The van der Waals surface area contributed by atoms with Crippen molar-refractivity contribution in [1.82, 2.24) is 4.98 Å². The molecule has 1 saturated carbocycles. The minimum Gasteiger partial charge on any atom is -0.487 e. The van der Waals surface area contributed by atoms with E-state index in [4.69, 9.17) is 4.74 Å². The molecule has 0 atom stereocenters. The normalized spacial score (nSPS) is 14.8. The Morgan fingerprint density at radius 3 is 2.31 bits per heavy atom. The Balaban J connectivity index is 2.28. The molecule has 1 fully saturated rings. The molecule has 16 heavy (non-hydrogen) atoms. The highest BCUT2D eigenvalue weighted by Gasteiger charge is 2.25. The van der Waals surface area contributed by atoms with E-state index in [0.29, 0.717) is 6.10 Å². The fraction of sp³-hybridized carbons (Fsp3) is 0.583. The third kappa shape index (κ3) is 2.38. The van der Waals surface area contributed by atoms with Crippen LogP contribution in [-0.2, 0) is 0 Å². The van der Waals surface area contributed by atoms with Crippen LogP contribution in [0.25, 0.3) is 0 Å². The molecule has 1 aliphatic rings. The topological polar surface area (TPSA) is 28.6 Å². The van der Waals surface area contributed by atoms with Crippen molar-refractivity contribution in [1.29, 1.82) is 0 Å². The Labute approximate surface area is 96.8 Å². The van der Waals surface area contributed by atoms with Gasteiger partial charge >= 0.3 is 0 Å². The van der Waals surface area contributed by atoms with Gasteiger partial charge in [-0.25, -0.2) is 4.98 Å². The highest BCUT2D eigenvalue weighted by atomic mass is 16.5. The highest BCUT2D eigenvalue weighted by Crippen LogP contribution is 2.33. The highest BCUT2D eigenvalue weighted by molar-refractivity contribution is 5.57. The average Bonchev–Trinajstić information content (AvgIpc) is 3.01. The van der Waals surface area contributed by atoms with E-state index >= 15 is 0 Å². The molecule has 1 aliphatic carbocycles. The molecule has 0 aromatic carbocycles. The quantitative estimate of drug-likeness (QED) is 0.774. The lowest BCUT2D eigenvalue weighted by Crippen LogP contribution is -2.17. The van der Waals surface area contributed by atoms with Crippen molar-refractivity contribution >= 4 is 11.6 Å². The van der Waals surface area contributed by atoms with Crippen LogP contribution in [0.1, 0.15) is 12.8 Å². The van der Waals surface area contributed by atoms with Gasteiger partial charge in [0.25, 0.3) is 0 Å². The molecule has 0 amide bonds. The van der Waals surface area contributed by atoms with Crippen LogP contribution in [-0.4, -0.2) is 39.3 Å². The number of anilines is 2. The first-order valence-electron chi connectivity index (χ1n) is 5.60. The molecule has 1 aromatic rings. The van der Waals surface area contributed by atoms with Gasteiger partial charge in [0, 0.05) is 28.2 Å². The van der Waals surface area contributed by atoms with Crippen LogP contribution < -0.4 is 14.5 Å². The molecule has 2 rings (SSSR count). The molecule has 0 aliphatic heterocycles. The molecule has 0 bridgehead atoms. The predicted molar refractivity (Wildman–Crippen MR) is 66.5 cm³/mol. The maximum Gasteiger partial charge on any atom is 0.173 e. The summed E-state index contributed by atoms with van der Waals surface area (Å²) in [6, 6.07) is 4.00. The summed E-state index contributed by atoms with van der Waals surface area (Å²) in [5, 5.41) is 0. The smallest absolute Gasteiger partial charge is 0.173 e. The van der Waals surface area contributed by atoms with Gasteiger partial charge in [-0.05, 0) is 25.0 Å². The zero-order valence-electron chi connectivity index (χ0n) is 10.4. The lowest BCUT2D eigenvalue weighted by Gasteiger charge is -2.19. The number of ether oxygens (including phenoxy) is 1. The van der Waals surface area contributed by atoms with Crippen LogP contribution in [0.15, 0.2) is 12.1 Å². The molecule has 0 saturated heterocycles. The van der Waals surface area contributed by atoms with Crippen LogP contribution in [0.4, 0.5) is 11.6 Å². The van der Waals surface area contributed by atoms with Gasteiger partial charge in [-0.2, -0.15) is 0 Å². The maximum atomic E-state index is 5.83. The van der Waals surface area contributed by atoms with Crippen molar-refractivity contribution in [3.63, 3.8) is 0 Å². The third-order valence-electron chi connectivity index (χ3n) is 2.52. The van der Waals surface area contributed by atoms with Gasteiger partial charge in [-0.15, -0.1) is 0 Å². The molecule has 1 aromatic heterocycles. The van der Waals surface area contributed by atoms with Gasteiger partial charge in [-0.3, -0.25) is 0 Å². The average molecular weight is 221 g/mol. The first kappa shape index (κ1) is 11.0. The standard InChI is InChI=1S/C12H19N3O/c1-14(2)11-8-7-10(16-9-5-6-9)12(13-11)15(3)4/h7-9H,5-6H2,1-4H3. The third-order valence-corrected chi connectivity index (χ3v) is 2.52. The molecule has 1 heterocycles. The van der Waals surface area contributed by atoms with Gasteiger partial charge < -0.3 is 14.5 Å². The van der Waals surface area contributed by atoms with Gasteiger partial charge in [0.2, 0.25) is 0 Å². The predicted octanol–water partition coefficient (Wildman–Crippen LogP) is 1.75. The summed E-state index contributed by atoms with van der Waals surface area (Å²) in [4.78, 5) is 8.56. The molecule has 0 radical (unpaired) electrons. The van der Waals surface area contributed by atoms with Crippen LogP contribution >= 0.6 is 0 Å². The molecular weight excluding hydrogens is 202 g/mol. The minimum atomic E-state index is 0.408. The minimum absolute atomic E-state index is 0.408. The summed E-state index contributed by atoms with van der Waals surface area (Å²) < 4.78 is 5.83. The zero-order valence-corrected chi connectivity index (χ0v) is 10.4. The lowest BCUT2D eigenvalue weighted by molar-refractivity contribution is 0.303. The van der Waals surface area contributed by atoms with E-state index in [-0.39, 0.29) is 0 Å². The van der Waals surface area contributed by atoms with E-state index in [1.165, 1.54) is 12.8 Å². The van der Waals surface area contributed by atoms with Crippen LogP contribution in [0.5, 0.6) is 5.75 Å². The van der Waals surface area contributed by atoms with Gasteiger partial charge in [0.05, 0.1) is 6.10 Å². The van der Waals surface area contributed by atoms with E-state index in [9.17, 15) is 0 Å². The lowest BCUT2D eigenvalue weighted by atomic mass is 10.3. The SMILES string of the molecule is CN(C)c1ccc(OC2CC2)c(N(C)C)n1. The second kappa shape index (κ2) is 4.20. The first-order valence-corrected chi connectivity index (χ1v) is 5.60. The summed E-state index contributed by atoms with van der Waals surface area (Å²) in [6.45, 7) is 0. The molecule has 88 valence electrons. The Bertz CT molecular complexity index is 373. The fourth-order valence-electron chi connectivity index (χ4n) is 1.45. The molecule has 0 spiro atoms. The number of hydrogen-bond donors (Lipinski definition) is 0. The summed E-state index contributed by atoms with van der Waals surface area (Å²) in [7, 11) is 7.95. The van der Waals surface area contributed by atoms with Gasteiger partial charge in [0.1, 0.15) is 5.82 Å². The second-order valence-electron chi connectivity index (χ2n) is 4.60. The van der Waals surface area contributed by atoms with E-state index < -0.39 is 0 Å². The molecule has 4 heteroatoms. The summed E-state index contributed by atoms with van der Waals surface area (Å²) >= 11 is 0. The molecule has 0 N–H and O–H groups in total. The van der Waals surface area contributed by atoms with Crippen LogP contribution in [0.3, 0.4) is 0 Å². The maximum absolute atomic E-state index is 5.83. The van der Waals surface area contributed by atoms with Crippen molar-refractivity contribution in [2.45, 2.75) is 18.9 Å². The van der Waals surface area contributed by atoms with Crippen LogP contribution in [0.2, 0.25) is 0 Å². The number of nitrogens with zero attached hydrogens (tertiary/aromatic N) is 3. The number of rotatable bonds is 4. The Hall–Kier alpha value is -1.45. The number of hydrogen-bond acceptors (Lipinski definition) is 4. The van der Waals surface area contributed by atoms with Crippen molar-refractivity contribution in [2.75, 3.05) is 38.0 Å². The number of pyridine rings is 1. The van der Waals surface area contributed by atoms with E-state index in [1.807, 2.05) is 50.1 Å². The molecular formula is C12H19N3O. The largest absolute Gasteiger partial charge is 0.487 e. The monoisotopic (exact) mass is 221 g/mol. The Kier molecular flexibility index (Phi) is 2.90.